The summed E-state index contributed by atoms with van der Waals surface area (Å²) < 4.78 is 48.8. The number of fused-ring (bicyclic) bond motifs is 2. The number of alkyl halides is 3. The summed E-state index contributed by atoms with van der Waals surface area (Å²) >= 11 is 0. The first-order chi connectivity index (χ1) is 18.9. The number of aryl methyl sites for hydroxylation is 1. The second-order valence-electron chi connectivity index (χ2n) is 11.6. The zero-order valence-electron chi connectivity index (χ0n) is 23.6. The SMILES string of the molecule is Cc1nn(C2CC3CCC(C2)N3C)cc1Nc1ncc(C(F)(F)F)c(NCCCN2CCCOC(C)(C)C2=O)n1. The number of piperidine rings is 1. The fourth-order valence-corrected chi connectivity index (χ4v) is 6.11. The third kappa shape index (κ3) is 6.04. The molecule has 0 spiro atoms. The van der Waals surface area contributed by atoms with Gasteiger partial charge < -0.3 is 25.2 Å². The second kappa shape index (κ2) is 11.2. The van der Waals surface area contributed by atoms with E-state index in [9.17, 15) is 18.0 Å². The lowest BCUT2D eigenvalue weighted by Gasteiger charge is -2.36. The highest BCUT2D eigenvalue weighted by atomic mass is 19.4. The van der Waals surface area contributed by atoms with Crippen molar-refractivity contribution in [1.29, 1.82) is 0 Å². The molecule has 2 aromatic rings. The Morgan fingerprint density at radius 1 is 1.18 bits per heavy atom. The van der Waals surface area contributed by atoms with Crippen LogP contribution in [0.25, 0.3) is 0 Å². The van der Waals surface area contributed by atoms with Crippen LogP contribution in [0.4, 0.5) is 30.6 Å². The number of anilines is 3. The molecular formula is C27H39F3N8O2. The van der Waals surface area contributed by atoms with Gasteiger partial charge in [0, 0.05) is 50.7 Å². The van der Waals surface area contributed by atoms with Crippen molar-refractivity contribution < 1.29 is 22.7 Å². The maximum Gasteiger partial charge on any atom is 0.421 e. The van der Waals surface area contributed by atoms with Gasteiger partial charge in [-0.05, 0) is 66.3 Å². The van der Waals surface area contributed by atoms with Gasteiger partial charge in [-0.3, -0.25) is 9.48 Å². The topological polar surface area (TPSA) is 100 Å². The number of halogens is 3. The number of carbonyl (C=O) groups excluding carboxylic acids is 1. The molecule has 0 saturated carbocycles. The van der Waals surface area contributed by atoms with Gasteiger partial charge in [0.25, 0.3) is 5.91 Å². The second-order valence-corrected chi connectivity index (χ2v) is 11.6. The molecule has 0 aromatic carbocycles. The van der Waals surface area contributed by atoms with Gasteiger partial charge in [-0.2, -0.15) is 23.3 Å². The smallest absolute Gasteiger partial charge is 0.369 e. The van der Waals surface area contributed by atoms with Crippen LogP contribution in [0.2, 0.25) is 0 Å². The summed E-state index contributed by atoms with van der Waals surface area (Å²) in [4.78, 5) is 25.0. The Kier molecular flexibility index (Phi) is 7.97. The van der Waals surface area contributed by atoms with Crippen molar-refractivity contribution in [2.75, 3.05) is 43.9 Å². The van der Waals surface area contributed by atoms with Crippen molar-refractivity contribution in [2.24, 2.45) is 0 Å². The average molecular weight is 565 g/mol. The average Bonchev–Trinajstić information content (AvgIpc) is 3.28. The van der Waals surface area contributed by atoms with E-state index in [0.717, 1.165) is 31.2 Å². The van der Waals surface area contributed by atoms with Crippen molar-refractivity contribution in [3.63, 3.8) is 0 Å². The molecular weight excluding hydrogens is 525 g/mol. The Bertz CT molecular complexity index is 1200. The number of carbonyl (C=O) groups is 1. The molecule has 2 bridgehead atoms. The Balaban J connectivity index is 1.24. The predicted octanol–water partition coefficient (Wildman–Crippen LogP) is 4.37. The minimum Gasteiger partial charge on any atom is -0.369 e. The normalized spacial score (nSPS) is 25.2. The molecule has 1 amide bonds. The van der Waals surface area contributed by atoms with Gasteiger partial charge in [-0.1, -0.05) is 0 Å². The highest BCUT2D eigenvalue weighted by Crippen LogP contribution is 2.40. The standard InChI is InChI=1S/C27H39F3N8O2/c1-17-22(16-38(35-17)20-13-18-7-8-19(14-20)36(18)4)33-25-32-15-21(27(28,29)30)23(34-25)31-9-5-10-37-11-6-12-40-26(2,3)24(37)39/h15-16,18-20H,5-14H2,1-4H3,(H2,31,32,33,34). The van der Waals surface area contributed by atoms with Gasteiger partial charge in [-0.15, -0.1) is 0 Å². The summed E-state index contributed by atoms with van der Waals surface area (Å²) in [6.45, 7) is 7.01. The number of ether oxygens (including phenoxy) is 1. The molecule has 3 fully saturated rings. The quantitative estimate of drug-likeness (QED) is 0.456. The minimum absolute atomic E-state index is 0.0585. The van der Waals surface area contributed by atoms with Crippen molar-refractivity contribution in [2.45, 2.75) is 89.2 Å². The summed E-state index contributed by atoms with van der Waals surface area (Å²) in [5.74, 6) is -0.352. The van der Waals surface area contributed by atoms with Crippen LogP contribution in [-0.4, -0.2) is 86.4 Å². The van der Waals surface area contributed by atoms with Crippen LogP contribution in [0, 0.1) is 6.92 Å². The molecule has 5 heterocycles. The molecule has 40 heavy (non-hydrogen) atoms. The minimum atomic E-state index is -4.61. The zero-order valence-corrected chi connectivity index (χ0v) is 23.6. The third-order valence-electron chi connectivity index (χ3n) is 8.44. The lowest BCUT2D eigenvalue weighted by molar-refractivity contribution is -0.149. The van der Waals surface area contributed by atoms with Gasteiger partial charge >= 0.3 is 6.18 Å². The third-order valence-corrected chi connectivity index (χ3v) is 8.44. The van der Waals surface area contributed by atoms with Crippen molar-refractivity contribution in [3.8, 4) is 0 Å². The van der Waals surface area contributed by atoms with Gasteiger partial charge in [0.1, 0.15) is 17.0 Å². The van der Waals surface area contributed by atoms with Crippen LogP contribution in [0.3, 0.4) is 0 Å². The molecule has 0 aliphatic carbocycles. The Morgan fingerprint density at radius 2 is 1.90 bits per heavy atom. The highest BCUT2D eigenvalue weighted by Gasteiger charge is 2.40. The van der Waals surface area contributed by atoms with E-state index in [2.05, 4.69) is 32.5 Å². The fraction of sp³-hybridized carbons (Fsp3) is 0.704. The number of rotatable bonds is 8. The maximum atomic E-state index is 13.7. The molecule has 3 aliphatic rings. The molecule has 0 radical (unpaired) electrons. The number of aromatic nitrogens is 4. The van der Waals surface area contributed by atoms with Crippen LogP contribution in [0.1, 0.15) is 69.7 Å². The molecule has 3 aliphatic heterocycles. The Labute approximate surface area is 232 Å². The fourth-order valence-electron chi connectivity index (χ4n) is 6.11. The molecule has 3 saturated heterocycles. The Morgan fingerprint density at radius 3 is 2.60 bits per heavy atom. The summed E-state index contributed by atoms with van der Waals surface area (Å²) in [6, 6.07) is 1.42. The van der Waals surface area contributed by atoms with E-state index in [4.69, 9.17) is 9.84 Å². The first-order valence-electron chi connectivity index (χ1n) is 14.1. The van der Waals surface area contributed by atoms with Crippen molar-refractivity contribution >= 4 is 23.4 Å². The van der Waals surface area contributed by atoms with E-state index >= 15 is 0 Å². The van der Waals surface area contributed by atoms with Crippen LogP contribution in [0.5, 0.6) is 0 Å². The molecule has 13 heteroatoms. The van der Waals surface area contributed by atoms with Crippen LogP contribution >= 0.6 is 0 Å². The van der Waals surface area contributed by atoms with Gasteiger partial charge in [0.2, 0.25) is 5.95 Å². The van der Waals surface area contributed by atoms with Crippen molar-refractivity contribution in [3.05, 3.63) is 23.7 Å². The predicted molar refractivity (Wildman–Crippen MR) is 144 cm³/mol. The van der Waals surface area contributed by atoms with E-state index < -0.39 is 17.3 Å². The van der Waals surface area contributed by atoms with E-state index in [0.29, 0.717) is 49.9 Å². The first kappa shape index (κ1) is 28.6. The monoisotopic (exact) mass is 564 g/mol. The van der Waals surface area contributed by atoms with Gasteiger partial charge in [0.05, 0.1) is 17.4 Å². The summed E-state index contributed by atoms with van der Waals surface area (Å²) in [7, 11) is 2.19. The maximum absolute atomic E-state index is 13.7. The number of nitrogens with one attached hydrogen (secondary N) is 2. The summed E-state index contributed by atoms with van der Waals surface area (Å²) in [5.41, 5.74) is -0.438. The van der Waals surface area contributed by atoms with E-state index in [-0.39, 0.29) is 24.2 Å². The number of hydrogen-bond donors (Lipinski definition) is 2. The van der Waals surface area contributed by atoms with E-state index in [1.165, 1.54) is 12.8 Å². The number of amides is 1. The summed E-state index contributed by atoms with van der Waals surface area (Å²) in [6.07, 6.45) is 3.74. The molecule has 2 atom stereocenters. The first-order valence-corrected chi connectivity index (χ1v) is 14.1. The molecule has 2 N–H and O–H groups in total. The molecule has 5 rings (SSSR count). The highest BCUT2D eigenvalue weighted by molar-refractivity contribution is 5.84. The van der Waals surface area contributed by atoms with Gasteiger partial charge in [0.15, 0.2) is 0 Å². The zero-order chi connectivity index (χ0) is 28.7. The van der Waals surface area contributed by atoms with Gasteiger partial charge in [-0.25, -0.2) is 4.98 Å². The number of nitrogens with zero attached hydrogens (tertiary/aromatic N) is 6. The summed E-state index contributed by atoms with van der Waals surface area (Å²) in [5, 5.41) is 10.6. The molecule has 2 unspecified atom stereocenters. The Hall–Kier alpha value is -2.93. The van der Waals surface area contributed by atoms with Crippen LogP contribution < -0.4 is 10.6 Å². The van der Waals surface area contributed by atoms with E-state index in [1.807, 2.05) is 17.8 Å². The van der Waals surface area contributed by atoms with Crippen LogP contribution in [-0.2, 0) is 15.7 Å². The lowest BCUT2D eigenvalue weighted by Crippen LogP contribution is -2.45. The molecule has 220 valence electrons. The lowest BCUT2D eigenvalue weighted by atomic mass is 9.98. The van der Waals surface area contributed by atoms with Crippen LogP contribution in [0.15, 0.2) is 12.4 Å². The number of hydrogen-bond acceptors (Lipinski definition) is 8. The van der Waals surface area contributed by atoms with E-state index in [1.54, 1.807) is 18.7 Å². The molecule has 10 nitrogen and oxygen atoms in total. The van der Waals surface area contributed by atoms with Crippen molar-refractivity contribution in [1.82, 2.24) is 29.5 Å². The molecule has 2 aromatic heterocycles. The largest absolute Gasteiger partial charge is 0.421 e.